The monoisotopic (exact) mass is 358 g/mol. The lowest BCUT2D eigenvalue weighted by molar-refractivity contribution is -0.120. The van der Waals surface area contributed by atoms with Gasteiger partial charge in [-0.15, -0.1) is 0 Å². The molecule has 0 radical (unpaired) electrons. The lowest BCUT2D eigenvalue weighted by Crippen LogP contribution is -2.48. The quantitative estimate of drug-likeness (QED) is 0.910. The highest BCUT2D eigenvalue weighted by Crippen LogP contribution is 2.30. The first-order chi connectivity index (χ1) is 12.0. The lowest BCUT2D eigenvalue weighted by atomic mass is 9.93. The molecule has 0 spiro atoms. The van der Waals surface area contributed by atoms with Crippen molar-refractivity contribution in [3.8, 4) is 5.75 Å². The van der Waals surface area contributed by atoms with E-state index in [-0.39, 0.29) is 5.91 Å². The van der Waals surface area contributed by atoms with Crippen LogP contribution in [0.5, 0.6) is 5.75 Å². The molecule has 0 saturated heterocycles. The second-order valence-corrected chi connectivity index (χ2v) is 7.06. The van der Waals surface area contributed by atoms with Crippen LogP contribution in [0.1, 0.15) is 18.1 Å². The number of amides is 1. The Labute approximate surface area is 153 Å². The van der Waals surface area contributed by atoms with Crippen molar-refractivity contribution in [2.24, 2.45) is 11.7 Å². The van der Waals surface area contributed by atoms with Crippen LogP contribution in [-0.2, 0) is 17.6 Å². The summed E-state index contributed by atoms with van der Waals surface area (Å²) in [5, 5.41) is 0.565. The Morgan fingerprint density at radius 1 is 1.36 bits per heavy atom. The van der Waals surface area contributed by atoms with Crippen molar-refractivity contribution in [1.82, 2.24) is 0 Å². The largest absolute Gasteiger partial charge is 0.497 e. The summed E-state index contributed by atoms with van der Waals surface area (Å²) in [6.45, 7) is 2.85. The molecule has 0 aliphatic carbocycles. The number of para-hydroxylation sites is 1. The molecule has 132 valence electrons. The molecule has 4 nitrogen and oxygen atoms in total. The number of nitrogens with two attached hydrogens (primary N) is 1. The SMILES string of the molecule is COc1ccc(C[C@H](N)C(=O)N2CC(C)Cc3ccccc32)c(Cl)c1. The van der Waals surface area contributed by atoms with Gasteiger partial charge < -0.3 is 15.4 Å². The second-order valence-electron chi connectivity index (χ2n) is 6.65. The maximum atomic E-state index is 13.0. The highest BCUT2D eigenvalue weighted by atomic mass is 35.5. The van der Waals surface area contributed by atoms with E-state index in [9.17, 15) is 4.79 Å². The molecule has 5 heteroatoms. The van der Waals surface area contributed by atoms with Gasteiger partial charge in [-0.1, -0.05) is 42.8 Å². The second kappa shape index (κ2) is 7.46. The molecule has 3 rings (SSSR count). The van der Waals surface area contributed by atoms with Gasteiger partial charge in [0.15, 0.2) is 0 Å². The zero-order valence-corrected chi connectivity index (χ0v) is 15.3. The highest BCUT2D eigenvalue weighted by Gasteiger charge is 2.29. The Bertz CT molecular complexity index is 778. The molecule has 0 aromatic heterocycles. The normalized spacial score (nSPS) is 17.8. The van der Waals surface area contributed by atoms with Crippen molar-refractivity contribution in [3.63, 3.8) is 0 Å². The predicted octanol–water partition coefficient (Wildman–Crippen LogP) is 3.44. The standard InChI is InChI=1S/C20H23ClN2O2/c1-13-9-15-5-3-4-6-19(15)23(12-13)20(24)18(22)10-14-7-8-16(25-2)11-17(14)21/h3-8,11,13,18H,9-10,12,22H2,1-2H3/t13?,18-/m0/s1. The van der Waals surface area contributed by atoms with Crippen molar-refractivity contribution in [2.45, 2.75) is 25.8 Å². The molecule has 1 aliphatic rings. The van der Waals surface area contributed by atoms with Crippen LogP contribution in [0.2, 0.25) is 5.02 Å². The van der Waals surface area contributed by atoms with Gasteiger partial charge in [0.1, 0.15) is 5.75 Å². The number of nitrogens with zero attached hydrogens (tertiary/aromatic N) is 1. The van der Waals surface area contributed by atoms with E-state index in [2.05, 4.69) is 13.0 Å². The van der Waals surface area contributed by atoms with E-state index in [1.54, 1.807) is 13.2 Å². The molecule has 0 saturated carbocycles. The van der Waals surface area contributed by atoms with Crippen LogP contribution in [-0.4, -0.2) is 25.6 Å². The Morgan fingerprint density at radius 2 is 2.12 bits per heavy atom. The van der Waals surface area contributed by atoms with E-state index >= 15 is 0 Å². The van der Waals surface area contributed by atoms with Crippen LogP contribution in [0.25, 0.3) is 0 Å². The van der Waals surface area contributed by atoms with Crippen LogP contribution >= 0.6 is 11.6 Å². The van der Waals surface area contributed by atoms with Gasteiger partial charge in [-0.3, -0.25) is 4.79 Å². The number of hydrogen-bond acceptors (Lipinski definition) is 3. The van der Waals surface area contributed by atoms with Crippen LogP contribution in [0.3, 0.4) is 0 Å². The summed E-state index contributed by atoms with van der Waals surface area (Å²) >= 11 is 6.29. The summed E-state index contributed by atoms with van der Waals surface area (Å²) in [5.41, 5.74) is 9.26. The van der Waals surface area contributed by atoms with Crippen molar-refractivity contribution in [1.29, 1.82) is 0 Å². The fourth-order valence-corrected chi connectivity index (χ4v) is 3.60. The first-order valence-electron chi connectivity index (χ1n) is 8.47. The number of methoxy groups -OCH3 is 1. The van der Waals surface area contributed by atoms with Crippen molar-refractivity contribution >= 4 is 23.2 Å². The molecule has 0 fully saturated rings. The summed E-state index contributed by atoms with van der Waals surface area (Å²) in [7, 11) is 1.59. The van der Waals surface area contributed by atoms with Crippen molar-refractivity contribution < 1.29 is 9.53 Å². The first kappa shape index (κ1) is 17.8. The van der Waals surface area contributed by atoms with Crippen LogP contribution < -0.4 is 15.4 Å². The molecule has 2 aromatic carbocycles. The van der Waals surface area contributed by atoms with E-state index in [0.717, 1.165) is 17.7 Å². The van der Waals surface area contributed by atoms with Crippen LogP contribution in [0, 0.1) is 5.92 Å². The number of halogens is 1. The average Bonchev–Trinajstić information content (AvgIpc) is 2.61. The zero-order valence-electron chi connectivity index (χ0n) is 14.5. The summed E-state index contributed by atoms with van der Waals surface area (Å²) in [5.74, 6) is 1.04. The summed E-state index contributed by atoms with van der Waals surface area (Å²) in [6, 6.07) is 12.8. The number of ether oxygens (including phenoxy) is 1. The predicted molar refractivity (Wildman–Crippen MR) is 101 cm³/mol. The highest BCUT2D eigenvalue weighted by molar-refractivity contribution is 6.31. The molecular weight excluding hydrogens is 336 g/mol. The Kier molecular flexibility index (Phi) is 5.30. The Hall–Kier alpha value is -2.04. The molecule has 1 amide bonds. The van der Waals surface area contributed by atoms with Gasteiger partial charge in [0.25, 0.3) is 0 Å². The maximum Gasteiger partial charge on any atom is 0.244 e. The molecule has 2 N–H and O–H groups in total. The summed E-state index contributed by atoms with van der Waals surface area (Å²) in [6.07, 6.45) is 1.38. The molecule has 1 aliphatic heterocycles. The number of benzene rings is 2. The van der Waals surface area contributed by atoms with Gasteiger partial charge >= 0.3 is 0 Å². The van der Waals surface area contributed by atoms with E-state index in [1.807, 2.05) is 35.2 Å². The van der Waals surface area contributed by atoms with E-state index in [0.29, 0.717) is 29.7 Å². The molecule has 1 unspecified atom stereocenters. The molecule has 1 heterocycles. The zero-order chi connectivity index (χ0) is 18.0. The molecule has 25 heavy (non-hydrogen) atoms. The topological polar surface area (TPSA) is 55.6 Å². The van der Waals surface area contributed by atoms with E-state index in [1.165, 1.54) is 5.56 Å². The fraction of sp³-hybridized carbons (Fsp3) is 0.350. The van der Waals surface area contributed by atoms with Crippen molar-refractivity contribution in [2.75, 3.05) is 18.6 Å². The van der Waals surface area contributed by atoms with Gasteiger partial charge in [0, 0.05) is 17.3 Å². The smallest absolute Gasteiger partial charge is 0.244 e. The van der Waals surface area contributed by atoms with Gasteiger partial charge in [-0.05, 0) is 48.1 Å². The average molecular weight is 359 g/mol. The number of hydrogen-bond donors (Lipinski definition) is 1. The third-order valence-electron chi connectivity index (χ3n) is 4.63. The third-order valence-corrected chi connectivity index (χ3v) is 4.98. The van der Waals surface area contributed by atoms with Crippen LogP contribution in [0.4, 0.5) is 5.69 Å². The minimum Gasteiger partial charge on any atom is -0.497 e. The fourth-order valence-electron chi connectivity index (χ4n) is 3.35. The van der Waals surface area contributed by atoms with E-state index < -0.39 is 6.04 Å². The number of anilines is 1. The van der Waals surface area contributed by atoms with Gasteiger partial charge in [0.2, 0.25) is 5.91 Å². The minimum atomic E-state index is -0.635. The Morgan fingerprint density at radius 3 is 2.84 bits per heavy atom. The summed E-state index contributed by atoms with van der Waals surface area (Å²) < 4.78 is 5.16. The first-order valence-corrected chi connectivity index (χ1v) is 8.84. The molecule has 2 aromatic rings. The van der Waals surface area contributed by atoms with Crippen molar-refractivity contribution in [3.05, 3.63) is 58.6 Å². The number of carbonyl (C=O) groups is 1. The third kappa shape index (κ3) is 3.80. The van der Waals surface area contributed by atoms with Crippen LogP contribution in [0.15, 0.2) is 42.5 Å². The lowest BCUT2D eigenvalue weighted by Gasteiger charge is -2.34. The molecule has 0 bridgehead atoms. The number of fused-ring (bicyclic) bond motifs is 1. The molecule has 2 atom stereocenters. The van der Waals surface area contributed by atoms with Gasteiger partial charge in [-0.25, -0.2) is 0 Å². The minimum absolute atomic E-state index is 0.0640. The van der Waals surface area contributed by atoms with Gasteiger partial charge in [0.05, 0.1) is 13.2 Å². The molecular formula is C20H23ClN2O2. The number of carbonyl (C=O) groups excluding carboxylic acids is 1. The summed E-state index contributed by atoms with van der Waals surface area (Å²) in [4.78, 5) is 14.8. The van der Waals surface area contributed by atoms with E-state index in [4.69, 9.17) is 22.1 Å². The van der Waals surface area contributed by atoms with Gasteiger partial charge in [-0.2, -0.15) is 0 Å². The number of rotatable bonds is 4. The Balaban J connectivity index is 1.79. The maximum absolute atomic E-state index is 13.0.